The Hall–Kier alpha value is -1.58. The summed E-state index contributed by atoms with van der Waals surface area (Å²) in [6.45, 7) is 0.155. The fourth-order valence-corrected chi connectivity index (χ4v) is 3.16. The molecule has 0 radical (unpaired) electrons. The molecule has 1 N–H and O–H groups in total. The van der Waals surface area contributed by atoms with Gasteiger partial charge < -0.3 is 5.11 Å². The molecule has 0 aliphatic rings. The molecule has 0 heterocycles. The first-order chi connectivity index (χ1) is 9.82. The number of rotatable bonds is 8. The number of sulfonamides is 1. The maximum absolute atomic E-state index is 13.5. The Kier molecular flexibility index (Phi) is 6.19. The highest BCUT2D eigenvalue weighted by molar-refractivity contribution is 7.89. The molecule has 118 valence electrons. The monoisotopic (exact) mass is 320 g/mol. The Morgan fingerprint density at radius 1 is 1.33 bits per heavy atom. The molecule has 0 saturated carbocycles. The van der Waals surface area contributed by atoms with Crippen LogP contribution in [0.1, 0.15) is 19.3 Å². The summed E-state index contributed by atoms with van der Waals surface area (Å²) in [7, 11) is -2.85. The van der Waals surface area contributed by atoms with Gasteiger partial charge in [0.25, 0.3) is 0 Å². The van der Waals surface area contributed by atoms with Crippen LogP contribution in [0, 0.1) is 15.9 Å². The van der Waals surface area contributed by atoms with Crippen LogP contribution in [0.15, 0.2) is 23.1 Å². The zero-order valence-corrected chi connectivity index (χ0v) is 12.3. The Morgan fingerprint density at radius 3 is 2.57 bits per heavy atom. The number of unbranched alkanes of at least 4 members (excludes halogenated alkanes) is 2. The Labute approximate surface area is 122 Å². The Balaban J connectivity index is 3.03. The van der Waals surface area contributed by atoms with Crippen LogP contribution in [0.3, 0.4) is 0 Å². The summed E-state index contributed by atoms with van der Waals surface area (Å²) < 4.78 is 39.0. The van der Waals surface area contributed by atoms with Crippen molar-refractivity contribution in [2.75, 3.05) is 20.2 Å². The molecule has 7 nitrogen and oxygen atoms in total. The van der Waals surface area contributed by atoms with Crippen LogP contribution >= 0.6 is 0 Å². The van der Waals surface area contributed by atoms with E-state index in [1.807, 2.05) is 0 Å². The first kappa shape index (κ1) is 17.5. The maximum Gasteiger partial charge on any atom is 0.324 e. The van der Waals surface area contributed by atoms with E-state index in [9.17, 15) is 22.9 Å². The number of halogens is 1. The van der Waals surface area contributed by atoms with E-state index in [1.165, 1.54) is 7.05 Å². The van der Waals surface area contributed by atoms with E-state index in [1.54, 1.807) is 0 Å². The number of para-hydroxylation sites is 1. The number of nitro groups is 1. The highest BCUT2D eigenvalue weighted by Crippen LogP contribution is 2.28. The van der Waals surface area contributed by atoms with Gasteiger partial charge in [-0.05, 0) is 31.4 Å². The molecule has 0 amide bonds. The van der Waals surface area contributed by atoms with Crippen molar-refractivity contribution < 1.29 is 22.8 Å². The van der Waals surface area contributed by atoms with Gasteiger partial charge in [0.1, 0.15) is 0 Å². The molecule has 0 fully saturated rings. The second kappa shape index (κ2) is 7.43. The van der Waals surface area contributed by atoms with Gasteiger partial charge in [-0.15, -0.1) is 0 Å². The lowest BCUT2D eigenvalue weighted by atomic mass is 10.2. The van der Waals surface area contributed by atoms with Crippen LogP contribution in [0.2, 0.25) is 0 Å². The van der Waals surface area contributed by atoms with Gasteiger partial charge in [-0.2, -0.15) is 4.39 Å². The van der Waals surface area contributed by atoms with Gasteiger partial charge in [0, 0.05) is 20.2 Å². The van der Waals surface area contributed by atoms with Gasteiger partial charge in [-0.3, -0.25) is 10.1 Å². The number of aliphatic hydroxyl groups excluding tert-OH is 1. The van der Waals surface area contributed by atoms with Crippen molar-refractivity contribution in [2.45, 2.75) is 24.2 Å². The van der Waals surface area contributed by atoms with Crippen LogP contribution in [-0.4, -0.2) is 43.0 Å². The van der Waals surface area contributed by atoms with Crippen molar-refractivity contribution in [1.82, 2.24) is 4.31 Å². The zero-order valence-electron chi connectivity index (χ0n) is 11.5. The number of hydrogen-bond acceptors (Lipinski definition) is 5. The quantitative estimate of drug-likeness (QED) is 0.444. The minimum Gasteiger partial charge on any atom is -0.396 e. The standard InChI is InChI=1S/C12H17FN2O5S/c1-14(8-3-2-4-9-16)21(19,20)11-7-5-6-10(13)12(11)15(17)18/h5-7,16H,2-4,8-9H2,1H3. The molecule has 21 heavy (non-hydrogen) atoms. The van der Waals surface area contributed by atoms with Crippen LogP contribution in [0.25, 0.3) is 0 Å². The summed E-state index contributed by atoms with van der Waals surface area (Å²) in [5, 5.41) is 19.5. The number of nitrogens with zero attached hydrogens (tertiary/aromatic N) is 2. The third kappa shape index (κ3) is 4.19. The van der Waals surface area contributed by atoms with Crippen LogP contribution in [-0.2, 0) is 10.0 Å². The molecular weight excluding hydrogens is 303 g/mol. The Bertz CT molecular complexity index is 606. The molecular formula is C12H17FN2O5S. The summed E-state index contributed by atoms with van der Waals surface area (Å²) in [6.07, 6.45) is 1.68. The molecule has 0 unspecified atom stereocenters. The van der Waals surface area contributed by atoms with Crippen molar-refractivity contribution in [3.63, 3.8) is 0 Å². The van der Waals surface area contributed by atoms with Crippen molar-refractivity contribution in [3.05, 3.63) is 34.1 Å². The van der Waals surface area contributed by atoms with E-state index in [0.29, 0.717) is 19.3 Å². The van der Waals surface area contributed by atoms with Crippen LogP contribution in [0.5, 0.6) is 0 Å². The molecule has 9 heteroatoms. The number of nitro benzene ring substituents is 1. The van der Waals surface area contributed by atoms with Gasteiger partial charge in [-0.1, -0.05) is 6.07 Å². The van der Waals surface area contributed by atoms with E-state index in [2.05, 4.69) is 0 Å². The molecule has 0 spiro atoms. The second-order valence-electron chi connectivity index (χ2n) is 4.45. The third-order valence-corrected chi connectivity index (χ3v) is 4.84. The Morgan fingerprint density at radius 2 is 2.00 bits per heavy atom. The smallest absolute Gasteiger partial charge is 0.324 e. The number of benzene rings is 1. The van der Waals surface area contributed by atoms with Gasteiger partial charge >= 0.3 is 5.69 Å². The van der Waals surface area contributed by atoms with E-state index >= 15 is 0 Å². The first-order valence-corrected chi connectivity index (χ1v) is 7.76. The van der Waals surface area contributed by atoms with Crippen molar-refractivity contribution in [1.29, 1.82) is 0 Å². The number of aliphatic hydroxyl groups is 1. The molecule has 0 bridgehead atoms. The summed E-state index contributed by atoms with van der Waals surface area (Å²) in [6, 6.07) is 2.98. The fourth-order valence-electron chi connectivity index (χ4n) is 1.79. The lowest BCUT2D eigenvalue weighted by Crippen LogP contribution is -2.28. The zero-order chi connectivity index (χ0) is 16.0. The summed E-state index contributed by atoms with van der Waals surface area (Å²) in [5.41, 5.74) is -1.04. The molecule has 1 rings (SSSR count). The lowest BCUT2D eigenvalue weighted by molar-refractivity contribution is -0.390. The van der Waals surface area contributed by atoms with Gasteiger partial charge in [-0.25, -0.2) is 12.7 Å². The minimum absolute atomic E-state index is 0.0197. The summed E-state index contributed by atoms with van der Waals surface area (Å²) in [4.78, 5) is 9.17. The van der Waals surface area contributed by atoms with E-state index in [-0.39, 0.29) is 13.2 Å². The summed E-state index contributed by atoms with van der Waals surface area (Å²) in [5.74, 6) is -1.19. The van der Waals surface area contributed by atoms with Crippen molar-refractivity contribution >= 4 is 15.7 Å². The van der Waals surface area contributed by atoms with Gasteiger partial charge in [0.15, 0.2) is 4.90 Å². The highest BCUT2D eigenvalue weighted by atomic mass is 32.2. The lowest BCUT2D eigenvalue weighted by Gasteiger charge is -2.17. The predicted molar refractivity (Wildman–Crippen MR) is 73.8 cm³/mol. The topological polar surface area (TPSA) is 101 Å². The van der Waals surface area contributed by atoms with Gasteiger partial charge in [0.05, 0.1) is 4.92 Å². The van der Waals surface area contributed by atoms with E-state index in [4.69, 9.17) is 5.11 Å². The molecule has 1 aromatic carbocycles. The van der Waals surface area contributed by atoms with Crippen LogP contribution < -0.4 is 0 Å². The largest absolute Gasteiger partial charge is 0.396 e. The fraction of sp³-hybridized carbons (Fsp3) is 0.500. The molecule has 1 aromatic rings. The first-order valence-electron chi connectivity index (χ1n) is 6.32. The predicted octanol–water partition coefficient (Wildman–Crippen LogP) is 1.52. The molecule has 0 aliphatic heterocycles. The molecule has 0 saturated heterocycles. The highest BCUT2D eigenvalue weighted by Gasteiger charge is 2.32. The van der Waals surface area contributed by atoms with E-state index < -0.39 is 31.3 Å². The third-order valence-electron chi connectivity index (χ3n) is 2.95. The average Bonchev–Trinajstić information content (AvgIpc) is 2.42. The minimum atomic E-state index is -4.14. The van der Waals surface area contributed by atoms with E-state index in [0.717, 1.165) is 22.5 Å². The maximum atomic E-state index is 13.5. The molecule has 0 aromatic heterocycles. The second-order valence-corrected chi connectivity index (χ2v) is 6.47. The normalized spacial score (nSPS) is 11.8. The average molecular weight is 320 g/mol. The van der Waals surface area contributed by atoms with Crippen molar-refractivity contribution in [2.24, 2.45) is 0 Å². The SMILES string of the molecule is CN(CCCCCO)S(=O)(=O)c1cccc(F)c1[N+](=O)[O-]. The number of hydrogen-bond donors (Lipinski definition) is 1. The molecule has 0 atom stereocenters. The molecule has 0 aliphatic carbocycles. The van der Waals surface area contributed by atoms with Crippen molar-refractivity contribution in [3.8, 4) is 0 Å². The van der Waals surface area contributed by atoms with Gasteiger partial charge in [0.2, 0.25) is 15.8 Å². The summed E-state index contributed by atoms with van der Waals surface area (Å²) >= 11 is 0. The van der Waals surface area contributed by atoms with Crippen LogP contribution in [0.4, 0.5) is 10.1 Å².